The number of ketones is 1. The van der Waals surface area contributed by atoms with Gasteiger partial charge in [0.15, 0.2) is 5.78 Å². The van der Waals surface area contributed by atoms with E-state index in [1.54, 1.807) is 19.1 Å². The van der Waals surface area contributed by atoms with Gasteiger partial charge in [-0.15, -0.1) is 0 Å². The van der Waals surface area contributed by atoms with Gasteiger partial charge in [-0.05, 0) is 25.1 Å². The highest BCUT2D eigenvalue weighted by molar-refractivity contribution is 6.42. The number of hydrogen-bond acceptors (Lipinski definition) is 4. The molecular weight excluding hydrogens is 208 g/mol. The van der Waals surface area contributed by atoms with Gasteiger partial charge in [0.1, 0.15) is 12.3 Å². The van der Waals surface area contributed by atoms with Crippen LogP contribution >= 0.6 is 0 Å². The highest BCUT2D eigenvalue weighted by Crippen LogP contribution is 2.19. The molecule has 0 radical (unpaired) electrons. The zero-order valence-corrected chi connectivity index (χ0v) is 8.67. The van der Waals surface area contributed by atoms with Crippen LogP contribution in [0.3, 0.4) is 0 Å². The SMILES string of the molecule is CC1=NN(c2cccc(C(=O)O)c2)CC1=O. The molecule has 82 valence electrons. The van der Waals surface area contributed by atoms with Crippen molar-refractivity contribution < 1.29 is 14.7 Å². The molecule has 0 fully saturated rings. The number of carbonyl (C=O) groups excluding carboxylic acids is 1. The highest BCUT2D eigenvalue weighted by Gasteiger charge is 2.21. The molecule has 16 heavy (non-hydrogen) atoms. The first-order valence-corrected chi connectivity index (χ1v) is 4.77. The molecule has 0 unspecified atom stereocenters. The normalized spacial score (nSPS) is 15.2. The predicted molar refractivity (Wildman–Crippen MR) is 58.9 cm³/mol. The van der Waals surface area contributed by atoms with Gasteiger partial charge in [-0.25, -0.2) is 4.79 Å². The fraction of sp³-hybridized carbons (Fsp3) is 0.182. The summed E-state index contributed by atoms with van der Waals surface area (Å²) in [6, 6.07) is 6.35. The number of carboxylic acid groups (broad SMARTS) is 1. The Morgan fingerprint density at radius 3 is 2.81 bits per heavy atom. The van der Waals surface area contributed by atoms with E-state index in [0.29, 0.717) is 11.4 Å². The number of Topliss-reactive ketones (excluding diaryl/α,β-unsaturated/α-hetero) is 1. The summed E-state index contributed by atoms with van der Waals surface area (Å²) < 4.78 is 0. The summed E-state index contributed by atoms with van der Waals surface area (Å²) in [4.78, 5) is 22.1. The fourth-order valence-electron chi connectivity index (χ4n) is 1.47. The summed E-state index contributed by atoms with van der Waals surface area (Å²) in [7, 11) is 0. The molecule has 0 bridgehead atoms. The van der Waals surface area contributed by atoms with E-state index in [9.17, 15) is 9.59 Å². The quantitative estimate of drug-likeness (QED) is 0.808. The maximum Gasteiger partial charge on any atom is 0.335 e. The molecule has 0 saturated heterocycles. The topological polar surface area (TPSA) is 70.0 Å². The fourth-order valence-corrected chi connectivity index (χ4v) is 1.47. The summed E-state index contributed by atoms with van der Waals surface area (Å²) in [5, 5.41) is 14.4. The summed E-state index contributed by atoms with van der Waals surface area (Å²) in [5.74, 6) is -1.03. The molecule has 0 amide bonds. The van der Waals surface area contributed by atoms with E-state index in [1.165, 1.54) is 17.1 Å². The number of carboxylic acids is 1. The zero-order valence-electron chi connectivity index (χ0n) is 8.67. The number of hydrogen-bond donors (Lipinski definition) is 1. The maximum atomic E-state index is 11.3. The second-order valence-electron chi connectivity index (χ2n) is 3.52. The minimum atomic E-state index is -0.993. The van der Waals surface area contributed by atoms with Crippen LogP contribution in [0.25, 0.3) is 0 Å². The van der Waals surface area contributed by atoms with Crippen LogP contribution in [0.15, 0.2) is 29.4 Å². The van der Waals surface area contributed by atoms with E-state index < -0.39 is 5.97 Å². The first-order chi connectivity index (χ1) is 7.58. The van der Waals surface area contributed by atoms with E-state index in [-0.39, 0.29) is 17.9 Å². The highest BCUT2D eigenvalue weighted by atomic mass is 16.4. The van der Waals surface area contributed by atoms with Crippen molar-refractivity contribution in [2.75, 3.05) is 11.6 Å². The molecule has 0 aliphatic carbocycles. The summed E-state index contributed by atoms with van der Waals surface area (Å²) >= 11 is 0. The van der Waals surface area contributed by atoms with Gasteiger partial charge in [-0.3, -0.25) is 9.80 Å². The zero-order chi connectivity index (χ0) is 11.7. The second kappa shape index (κ2) is 3.77. The Morgan fingerprint density at radius 1 is 1.50 bits per heavy atom. The Hall–Kier alpha value is -2.17. The van der Waals surface area contributed by atoms with E-state index >= 15 is 0 Å². The van der Waals surface area contributed by atoms with Crippen LogP contribution < -0.4 is 5.01 Å². The molecule has 1 aliphatic heterocycles. The van der Waals surface area contributed by atoms with Crippen molar-refractivity contribution in [3.05, 3.63) is 29.8 Å². The van der Waals surface area contributed by atoms with Gasteiger partial charge in [0, 0.05) is 0 Å². The molecule has 1 N–H and O–H groups in total. The van der Waals surface area contributed by atoms with Crippen molar-refractivity contribution in [2.45, 2.75) is 6.92 Å². The van der Waals surface area contributed by atoms with Gasteiger partial charge in [0.25, 0.3) is 0 Å². The Kier molecular flexibility index (Phi) is 2.44. The average molecular weight is 218 g/mol. The molecule has 1 aliphatic rings. The summed E-state index contributed by atoms with van der Waals surface area (Å²) in [5.41, 5.74) is 1.25. The van der Waals surface area contributed by atoms with Crippen molar-refractivity contribution in [1.29, 1.82) is 0 Å². The number of aromatic carboxylic acids is 1. The molecule has 5 nitrogen and oxygen atoms in total. The van der Waals surface area contributed by atoms with Crippen LogP contribution in [0, 0.1) is 0 Å². The van der Waals surface area contributed by atoms with Crippen LogP contribution in [-0.4, -0.2) is 29.1 Å². The maximum absolute atomic E-state index is 11.3. The number of hydrazone groups is 1. The Balaban J connectivity index is 2.32. The average Bonchev–Trinajstić information content (AvgIpc) is 2.59. The van der Waals surface area contributed by atoms with Crippen LogP contribution in [0.4, 0.5) is 5.69 Å². The standard InChI is InChI=1S/C11H10N2O3/c1-7-10(14)6-13(12-7)9-4-2-3-8(5-9)11(15)16/h2-5H,6H2,1H3,(H,15,16). The molecule has 5 heteroatoms. The van der Waals surface area contributed by atoms with Gasteiger partial charge in [-0.2, -0.15) is 5.10 Å². The van der Waals surface area contributed by atoms with E-state index in [2.05, 4.69) is 5.10 Å². The summed E-state index contributed by atoms with van der Waals surface area (Å²) in [6.07, 6.45) is 0. The largest absolute Gasteiger partial charge is 0.478 e. The van der Waals surface area contributed by atoms with E-state index in [4.69, 9.17) is 5.11 Å². The van der Waals surface area contributed by atoms with Crippen LogP contribution in [-0.2, 0) is 4.79 Å². The van der Waals surface area contributed by atoms with Crippen molar-refractivity contribution in [3.63, 3.8) is 0 Å². The van der Waals surface area contributed by atoms with Crippen molar-refractivity contribution in [1.82, 2.24) is 0 Å². The third-order valence-corrected chi connectivity index (χ3v) is 2.36. The van der Waals surface area contributed by atoms with Crippen LogP contribution in [0.2, 0.25) is 0 Å². The first kappa shape index (κ1) is 10.4. The van der Waals surface area contributed by atoms with Gasteiger partial charge in [0.2, 0.25) is 0 Å². The lowest BCUT2D eigenvalue weighted by atomic mass is 10.2. The summed E-state index contributed by atoms with van der Waals surface area (Å²) in [6.45, 7) is 1.82. The van der Waals surface area contributed by atoms with E-state index in [0.717, 1.165) is 0 Å². The lowest BCUT2D eigenvalue weighted by Crippen LogP contribution is -2.18. The second-order valence-corrected chi connectivity index (χ2v) is 3.52. The van der Waals surface area contributed by atoms with Gasteiger partial charge in [0.05, 0.1) is 11.3 Å². The predicted octanol–water partition coefficient (Wildman–Crippen LogP) is 1.15. The van der Waals surface area contributed by atoms with Crippen molar-refractivity contribution >= 4 is 23.2 Å². The molecule has 0 atom stereocenters. The molecular formula is C11H10N2O3. The van der Waals surface area contributed by atoms with Crippen molar-refractivity contribution in [2.24, 2.45) is 5.10 Å². The van der Waals surface area contributed by atoms with Gasteiger partial charge in [-0.1, -0.05) is 6.07 Å². The van der Waals surface area contributed by atoms with Crippen LogP contribution in [0.1, 0.15) is 17.3 Å². The van der Waals surface area contributed by atoms with Gasteiger partial charge >= 0.3 is 5.97 Å². The lowest BCUT2D eigenvalue weighted by molar-refractivity contribution is -0.111. The number of benzene rings is 1. The molecule has 0 aromatic heterocycles. The Morgan fingerprint density at radius 2 is 2.25 bits per heavy atom. The molecule has 1 aromatic rings. The molecule has 0 spiro atoms. The number of nitrogens with zero attached hydrogens (tertiary/aromatic N) is 2. The third kappa shape index (κ3) is 1.79. The van der Waals surface area contributed by atoms with Gasteiger partial charge < -0.3 is 5.11 Å². The Bertz CT molecular complexity index is 494. The Labute approximate surface area is 92.0 Å². The molecule has 2 rings (SSSR count). The minimum Gasteiger partial charge on any atom is -0.478 e. The van der Waals surface area contributed by atoms with Crippen LogP contribution in [0.5, 0.6) is 0 Å². The molecule has 0 saturated carbocycles. The number of anilines is 1. The first-order valence-electron chi connectivity index (χ1n) is 4.77. The van der Waals surface area contributed by atoms with E-state index in [1.807, 2.05) is 0 Å². The minimum absolute atomic E-state index is 0.0410. The van der Waals surface area contributed by atoms with Crippen molar-refractivity contribution in [3.8, 4) is 0 Å². The number of carbonyl (C=O) groups is 2. The smallest absolute Gasteiger partial charge is 0.335 e. The monoisotopic (exact) mass is 218 g/mol. The molecule has 1 heterocycles. The lowest BCUT2D eigenvalue weighted by Gasteiger charge is -2.12. The third-order valence-electron chi connectivity index (χ3n) is 2.36. The molecule has 1 aromatic carbocycles. The number of rotatable bonds is 2.